The Bertz CT molecular complexity index is 589. The second kappa shape index (κ2) is 6.14. The van der Waals surface area contributed by atoms with E-state index in [1.165, 1.54) is 0 Å². The molecule has 3 rings (SSSR count). The van der Waals surface area contributed by atoms with Gasteiger partial charge in [-0.2, -0.15) is 0 Å². The molecule has 2 unspecified atom stereocenters. The van der Waals surface area contributed by atoms with Gasteiger partial charge in [-0.1, -0.05) is 24.3 Å². The number of hydrogen-bond acceptors (Lipinski definition) is 3. The Labute approximate surface area is 123 Å². The predicted octanol–water partition coefficient (Wildman–Crippen LogP) is 2.23. The fourth-order valence-corrected chi connectivity index (χ4v) is 2.57. The van der Waals surface area contributed by atoms with E-state index in [1.54, 1.807) is 6.26 Å². The average Bonchev–Trinajstić information content (AvgIpc) is 3.14. The molecular formula is C17H19NO3. The summed E-state index contributed by atoms with van der Waals surface area (Å²) < 4.78 is 5.33. The van der Waals surface area contributed by atoms with Crippen molar-refractivity contribution in [2.45, 2.75) is 25.4 Å². The largest absolute Gasteiger partial charge is 0.469 e. The van der Waals surface area contributed by atoms with Crippen LogP contribution in [0.2, 0.25) is 0 Å². The minimum Gasteiger partial charge on any atom is -0.469 e. The second-order valence-corrected chi connectivity index (χ2v) is 5.48. The first kappa shape index (κ1) is 13.9. The summed E-state index contributed by atoms with van der Waals surface area (Å²) in [6, 6.07) is 11.6. The Balaban J connectivity index is 1.42. The van der Waals surface area contributed by atoms with E-state index in [9.17, 15) is 4.79 Å². The maximum atomic E-state index is 12.0. The van der Waals surface area contributed by atoms with Gasteiger partial charge in [-0.15, -0.1) is 0 Å². The third kappa shape index (κ3) is 3.34. The SMILES string of the molecule is O=C(NCCc1ccc(CO)cc1)C1CC1c1ccco1. The molecule has 2 aromatic rings. The highest BCUT2D eigenvalue weighted by Crippen LogP contribution is 2.47. The van der Waals surface area contributed by atoms with Gasteiger partial charge in [0.1, 0.15) is 5.76 Å². The van der Waals surface area contributed by atoms with Crippen molar-refractivity contribution in [3.8, 4) is 0 Å². The van der Waals surface area contributed by atoms with E-state index < -0.39 is 0 Å². The van der Waals surface area contributed by atoms with E-state index in [4.69, 9.17) is 9.52 Å². The molecule has 0 saturated heterocycles. The van der Waals surface area contributed by atoms with Gasteiger partial charge in [0.25, 0.3) is 0 Å². The minimum atomic E-state index is 0.0624. The summed E-state index contributed by atoms with van der Waals surface area (Å²) in [5.41, 5.74) is 2.06. The van der Waals surface area contributed by atoms with Crippen LogP contribution < -0.4 is 5.32 Å². The number of carbonyl (C=O) groups is 1. The zero-order chi connectivity index (χ0) is 14.7. The quantitative estimate of drug-likeness (QED) is 0.855. The number of amides is 1. The van der Waals surface area contributed by atoms with Gasteiger partial charge in [-0.25, -0.2) is 0 Å². The van der Waals surface area contributed by atoms with Crippen LogP contribution in [0.1, 0.15) is 29.2 Å². The lowest BCUT2D eigenvalue weighted by Gasteiger charge is -2.05. The molecule has 1 heterocycles. The van der Waals surface area contributed by atoms with Crippen LogP contribution in [-0.4, -0.2) is 17.6 Å². The van der Waals surface area contributed by atoms with E-state index in [2.05, 4.69) is 5.32 Å². The second-order valence-electron chi connectivity index (χ2n) is 5.48. The number of benzene rings is 1. The van der Waals surface area contributed by atoms with E-state index >= 15 is 0 Å². The lowest BCUT2D eigenvalue weighted by molar-refractivity contribution is -0.122. The first-order chi connectivity index (χ1) is 10.3. The zero-order valence-electron chi connectivity index (χ0n) is 11.8. The van der Waals surface area contributed by atoms with Gasteiger partial charge in [0.2, 0.25) is 5.91 Å². The van der Waals surface area contributed by atoms with Gasteiger partial charge in [-0.05, 0) is 36.1 Å². The van der Waals surface area contributed by atoms with Crippen LogP contribution in [0.4, 0.5) is 0 Å². The summed E-state index contributed by atoms with van der Waals surface area (Å²) in [5.74, 6) is 1.34. The average molecular weight is 285 g/mol. The number of nitrogens with one attached hydrogen (secondary N) is 1. The van der Waals surface area contributed by atoms with Crippen LogP contribution in [0.3, 0.4) is 0 Å². The van der Waals surface area contributed by atoms with Gasteiger partial charge in [-0.3, -0.25) is 4.79 Å². The van der Waals surface area contributed by atoms with Crippen molar-refractivity contribution in [2.75, 3.05) is 6.54 Å². The topological polar surface area (TPSA) is 62.5 Å². The Morgan fingerprint density at radius 2 is 2.00 bits per heavy atom. The highest BCUT2D eigenvalue weighted by Gasteiger charge is 2.45. The summed E-state index contributed by atoms with van der Waals surface area (Å²) in [6.07, 6.45) is 3.33. The van der Waals surface area contributed by atoms with E-state index in [1.807, 2.05) is 36.4 Å². The van der Waals surface area contributed by atoms with Crippen LogP contribution in [0.25, 0.3) is 0 Å². The third-order valence-electron chi connectivity index (χ3n) is 3.95. The van der Waals surface area contributed by atoms with Gasteiger partial charge >= 0.3 is 0 Å². The molecule has 1 fully saturated rings. The molecule has 1 aromatic heterocycles. The number of hydrogen-bond donors (Lipinski definition) is 2. The molecule has 2 N–H and O–H groups in total. The van der Waals surface area contributed by atoms with Gasteiger partial charge in [0.05, 0.1) is 12.9 Å². The number of furan rings is 1. The highest BCUT2D eigenvalue weighted by molar-refractivity contribution is 5.82. The molecule has 1 aromatic carbocycles. The van der Waals surface area contributed by atoms with Crippen molar-refractivity contribution < 1.29 is 14.3 Å². The van der Waals surface area contributed by atoms with Crippen molar-refractivity contribution in [1.82, 2.24) is 5.32 Å². The van der Waals surface area contributed by atoms with Crippen molar-refractivity contribution >= 4 is 5.91 Å². The summed E-state index contributed by atoms with van der Waals surface area (Å²) in [5, 5.41) is 12.0. The maximum absolute atomic E-state index is 12.0. The summed E-state index contributed by atoms with van der Waals surface area (Å²) in [4.78, 5) is 12.0. The molecule has 4 heteroatoms. The predicted molar refractivity (Wildman–Crippen MR) is 78.6 cm³/mol. The number of carbonyl (C=O) groups excluding carboxylic acids is 1. The fraction of sp³-hybridized carbons (Fsp3) is 0.353. The monoisotopic (exact) mass is 285 g/mol. The minimum absolute atomic E-state index is 0.0624. The lowest BCUT2D eigenvalue weighted by Crippen LogP contribution is -2.27. The number of aliphatic hydroxyl groups is 1. The Kier molecular flexibility index (Phi) is 4.06. The normalized spacial score (nSPS) is 20.2. The molecule has 1 aliphatic carbocycles. The maximum Gasteiger partial charge on any atom is 0.223 e. The first-order valence-electron chi connectivity index (χ1n) is 7.27. The molecule has 0 aliphatic heterocycles. The van der Waals surface area contributed by atoms with Gasteiger partial charge in [0.15, 0.2) is 0 Å². The summed E-state index contributed by atoms with van der Waals surface area (Å²) in [6.45, 7) is 0.700. The number of rotatable bonds is 6. The molecule has 0 bridgehead atoms. The molecule has 1 aliphatic rings. The van der Waals surface area contributed by atoms with Crippen molar-refractivity contribution in [1.29, 1.82) is 0 Å². The van der Waals surface area contributed by atoms with E-state index in [-0.39, 0.29) is 24.3 Å². The van der Waals surface area contributed by atoms with Crippen LogP contribution >= 0.6 is 0 Å². The molecule has 0 radical (unpaired) electrons. The summed E-state index contributed by atoms with van der Waals surface area (Å²) in [7, 11) is 0. The Hall–Kier alpha value is -2.07. The lowest BCUT2D eigenvalue weighted by atomic mass is 10.1. The molecular weight excluding hydrogens is 266 g/mol. The van der Waals surface area contributed by atoms with Crippen molar-refractivity contribution in [3.63, 3.8) is 0 Å². The molecule has 1 amide bonds. The summed E-state index contributed by atoms with van der Waals surface area (Å²) >= 11 is 0. The van der Waals surface area contributed by atoms with Crippen LogP contribution in [0.15, 0.2) is 47.1 Å². The molecule has 4 nitrogen and oxygen atoms in total. The molecule has 2 atom stereocenters. The van der Waals surface area contributed by atoms with Crippen LogP contribution in [0, 0.1) is 5.92 Å². The van der Waals surface area contributed by atoms with Crippen molar-refractivity contribution in [3.05, 3.63) is 59.5 Å². The molecule has 21 heavy (non-hydrogen) atoms. The fourth-order valence-electron chi connectivity index (χ4n) is 2.57. The Morgan fingerprint density at radius 3 is 2.67 bits per heavy atom. The smallest absolute Gasteiger partial charge is 0.223 e. The van der Waals surface area contributed by atoms with E-state index in [0.29, 0.717) is 6.54 Å². The number of aliphatic hydroxyl groups excluding tert-OH is 1. The van der Waals surface area contributed by atoms with Gasteiger partial charge < -0.3 is 14.8 Å². The van der Waals surface area contributed by atoms with Crippen LogP contribution in [0.5, 0.6) is 0 Å². The van der Waals surface area contributed by atoms with Gasteiger partial charge in [0, 0.05) is 18.4 Å². The molecule has 0 spiro atoms. The van der Waals surface area contributed by atoms with Crippen LogP contribution in [-0.2, 0) is 17.8 Å². The van der Waals surface area contributed by atoms with E-state index in [0.717, 1.165) is 29.7 Å². The first-order valence-corrected chi connectivity index (χ1v) is 7.27. The highest BCUT2D eigenvalue weighted by atomic mass is 16.3. The molecule has 1 saturated carbocycles. The van der Waals surface area contributed by atoms with Crippen molar-refractivity contribution in [2.24, 2.45) is 5.92 Å². The zero-order valence-corrected chi connectivity index (χ0v) is 11.8. The Morgan fingerprint density at radius 1 is 1.24 bits per heavy atom. The third-order valence-corrected chi connectivity index (χ3v) is 3.95. The standard InChI is InChI=1S/C17H19NO3/c19-11-13-5-3-12(4-6-13)7-8-18-17(20)15-10-14(15)16-2-1-9-21-16/h1-6,9,14-15,19H,7-8,10-11H2,(H,18,20). The molecule has 110 valence electrons.